The lowest BCUT2D eigenvalue weighted by Crippen LogP contribution is -2.39. The summed E-state index contributed by atoms with van der Waals surface area (Å²) in [6.07, 6.45) is 3.64. The number of aromatic nitrogens is 2. The van der Waals surface area contributed by atoms with Crippen LogP contribution in [0.3, 0.4) is 0 Å². The van der Waals surface area contributed by atoms with E-state index in [9.17, 15) is 4.79 Å². The first-order valence-electron chi connectivity index (χ1n) is 6.35. The van der Waals surface area contributed by atoms with Gasteiger partial charge in [0.25, 0.3) is 0 Å². The molecule has 0 aliphatic carbocycles. The van der Waals surface area contributed by atoms with Gasteiger partial charge in [0, 0.05) is 17.1 Å². The number of benzene rings is 1. The molecule has 1 fully saturated rings. The van der Waals surface area contributed by atoms with Crippen molar-refractivity contribution < 1.29 is 0 Å². The van der Waals surface area contributed by atoms with Gasteiger partial charge in [0.1, 0.15) is 0 Å². The van der Waals surface area contributed by atoms with E-state index in [4.69, 9.17) is 0 Å². The van der Waals surface area contributed by atoms with Gasteiger partial charge in [-0.05, 0) is 37.6 Å². The van der Waals surface area contributed by atoms with Gasteiger partial charge < -0.3 is 10.3 Å². The third-order valence-electron chi connectivity index (χ3n) is 3.55. The number of fused-ring (bicyclic) bond motifs is 1. The molecular formula is C13H16BrN3O. The summed E-state index contributed by atoms with van der Waals surface area (Å²) in [7, 11) is 0. The van der Waals surface area contributed by atoms with Crippen LogP contribution >= 0.6 is 15.9 Å². The molecule has 1 saturated heterocycles. The third-order valence-corrected chi connectivity index (χ3v) is 4.04. The molecule has 2 heterocycles. The first-order valence-corrected chi connectivity index (χ1v) is 7.15. The van der Waals surface area contributed by atoms with Crippen molar-refractivity contribution in [2.75, 3.05) is 6.54 Å². The van der Waals surface area contributed by atoms with Crippen molar-refractivity contribution in [2.45, 2.75) is 31.8 Å². The highest BCUT2D eigenvalue weighted by atomic mass is 79.9. The van der Waals surface area contributed by atoms with Crippen LogP contribution in [0.5, 0.6) is 0 Å². The number of imidazole rings is 1. The Morgan fingerprint density at radius 3 is 3.06 bits per heavy atom. The fourth-order valence-corrected chi connectivity index (χ4v) is 2.98. The Balaban J connectivity index is 1.95. The van der Waals surface area contributed by atoms with Crippen LogP contribution in [0.1, 0.15) is 19.3 Å². The fraction of sp³-hybridized carbons (Fsp3) is 0.462. The Kier molecular flexibility index (Phi) is 3.26. The van der Waals surface area contributed by atoms with E-state index in [2.05, 4.69) is 26.2 Å². The van der Waals surface area contributed by atoms with Crippen molar-refractivity contribution in [3.8, 4) is 0 Å². The maximum absolute atomic E-state index is 12.0. The number of halogens is 1. The molecule has 1 atom stereocenters. The molecule has 18 heavy (non-hydrogen) atoms. The lowest BCUT2D eigenvalue weighted by atomic mass is 10.1. The molecule has 1 aromatic heterocycles. The van der Waals surface area contributed by atoms with Gasteiger partial charge in [-0.1, -0.05) is 22.4 Å². The van der Waals surface area contributed by atoms with E-state index in [1.54, 1.807) is 0 Å². The average Bonchev–Trinajstić information content (AvgIpc) is 2.66. The van der Waals surface area contributed by atoms with Gasteiger partial charge in [-0.3, -0.25) is 4.57 Å². The van der Waals surface area contributed by atoms with Crippen LogP contribution in [0.2, 0.25) is 0 Å². The second-order valence-corrected chi connectivity index (χ2v) is 5.76. The maximum Gasteiger partial charge on any atom is 0.326 e. The standard InChI is InChI=1S/C13H16BrN3O/c14-9-4-5-12-11(7-9)16-13(18)17(12)8-10-3-1-2-6-15-10/h4-5,7,10,15H,1-3,6,8H2,(H,16,18). The quantitative estimate of drug-likeness (QED) is 0.894. The van der Waals surface area contributed by atoms with Crippen LogP contribution in [0, 0.1) is 0 Å². The van der Waals surface area contributed by atoms with Gasteiger partial charge >= 0.3 is 5.69 Å². The molecule has 1 aromatic carbocycles. The van der Waals surface area contributed by atoms with E-state index in [1.165, 1.54) is 12.8 Å². The number of rotatable bonds is 2. The molecule has 96 valence electrons. The molecule has 2 aromatic rings. The molecule has 5 heteroatoms. The van der Waals surface area contributed by atoms with Gasteiger partial charge in [0.05, 0.1) is 11.0 Å². The Bertz CT molecular complexity index is 610. The van der Waals surface area contributed by atoms with Crippen molar-refractivity contribution >= 4 is 27.0 Å². The predicted octanol–water partition coefficient (Wildman–Crippen LogP) is 2.23. The van der Waals surface area contributed by atoms with Crippen LogP contribution in [0.25, 0.3) is 11.0 Å². The van der Waals surface area contributed by atoms with Crippen molar-refractivity contribution in [2.24, 2.45) is 0 Å². The summed E-state index contributed by atoms with van der Waals surface area (Å²) in [4.78, 5) is 14.9. The largest absolute Gasteiger partial charge is 0.326 e. The Hall–Kier alpha value is -1.07. The molecule has 3 rings (SSSR count). The van der Waals surface area contributed by atoms with Crippen molar-refractivity contribution in [1.29, 1.82) is 0 Å². The van der Waals surface area contributed by atoms with Crippen LogP contribution in [-0.4, -0.2) is 22.1 Å². The molecule has 1 aliphatic rings. The average molecular weight is 310 g/mol. The SMILES string of the molecule is O=c1[nH]c2cc(Br)ccc2n1CC1CCCCN1. The highest BCUT2D eigenvalue weighted by Gasteiger charge is 2.16. The summed E-state index contributed by atoms with van der Waals surface area (Å²) >= 11 is 3.42. The van der Waals surface area contributed by atoms with Crippen molar-refractivity contribution in [1.82, 2.24) is 14.9 Å². The zero-order chi connectivity index (χ0) is 12.5. The summed E-state index contributed by atoms with van der Waals surface area (Å²) in [6, 6.07) is 6.32. The maximum atomic E-state index is 12.0. The Morgan fingerprint density at radius 1 is 1.39 bits per heavy atom. The molecule has 0 amide bonds. The molecule has 1 aliphatic heterocycles. The van der Waals surface area contributed by atoms with Crippen molar-refractivity contribution in [3.05, 3.63) is 33.2 Å². The van der Waals surface area contributed by atoms with E-state index in [1.807, 2.05) is 22.8 Å². The number of hydrogen-bond donors (Lipinski definition) is 2. The number of piperidine rings is 1. The second kappa shape index (κ2) is 4.90. The van der Waals surface area contributed by atoms with E-state index in [0.29, 0.717) is 6.04 Å². The van der Waals surface area contributed by atoms with Gasteiger partial charge in [-0.15, -0.1) is 0 Å². The molecule has 1 unspecified atom stereocenters. The minimum absolute atomic E-state index is 0.0181. The molecule has 0 saturated carbocycles. The first-order chi connectivity index (χ1) is 8.74. The number of hydrogen-bond acceptors (Lipinski definition) is 2. The van der Waals surface area contributed by atoms with E-state index < -0.39 is 0 Å². The zero-order valence-corrected chi connectivity index (χ0v) is 11.7. The highest BCUT2D eigenvalue weighted by Crippen LogP contribution is 2.18. The predicted molar refractivity (Wildman–Crippen MR) is 75.9 cm³/mol. The summed E-state index contributed by atoms with van der Waals surface area (Å²) in [5.74, 6) is 0. The van der Waals surface area contributed by atoms with Crippen LogP contribution in [0.15, 0.2) is 27.5 Å². The van der Waals surface area contributed by atoms with E-state index in [0.717, 1.165) is 35.0 Å². The van der Waals surface area contributed by atoms with Gasteiger partial charge in [0.15, 0.2) is 0 Å². The molecule has 0 spiro atoms. The molecule has 2 N–H and O–H groups in total. The number of nitrogens with zero attached hydrogens (tertiary/aromatic N) is 1. The van der Waals surface area contributed by atoms with E-state index >= 15 is 0 Å². The lowest BCUT2D eigenvalue weighted by molar-refractivity contribution is 0.363. The minimum atomic E-state index is -0.0181. The number of nitrogens with one attached hydrogen (secondary N) is 2. The highest BCUT2D eigenvalue weighted by molar-refractivity contribution is 9.10. The second-order valence-electron chi connectivity index (χ2n) is 4.85. The van der Waals surface area contributed by atoms with Gasteiger partial charge in [-0.2, -0.15) is 0 Å². The summed E-state index contributed by atoms with van der Waals surface area (Å²) < 4.78 is 2.82. The molecular weight excluding hydrogens is 294 g/mol. The molecule has 0 radical (unpaired) electrons. The Morgan fingerprint density at radius 2 is 2.28 bits per heavy atom. The van der Waals surface area contributed by atoms with E-state index in [-0.39, 0.29) is 5.69 Å². The monoisotopic (exact) mass is 309 g/mol. The van der Waals surface area contributed by atoms with Crippen molar-refractivity contribution in [3.63, 3.8) is 0 Å². The topological polar surface area (TPSA) is 49.8 Å². The van der Waals surface area contributed by atoms with Gasteiger partial charge in [0.2, 0.25) is 0 Å². The first kappa shape index (κ1) is 12.0. The minimum Gasteiger partial charge on any atom is -0.312 e. The van der Waals surface area contributed by atoms with Crippen LogP contribution in [-0.2, 0) is 6.54 Å². The summed E-state index contributed by atoms with van der Waals surface area (Å²) in [5, 5.41) is 3.48. The summed E-state index contributed by atoms with van der Waals surface area (Å²) in [6.45, 7) is 1.81. The smallest absolute Gasteiger partial charge is 0.312 e. The zero-order valence-electron chi connectivity index (χ0n) is 10.1. The van der Waals surface area contributed by atoms with Gasteiger partial charge in [-0.25, -0.2) is 4.79 Å². The van der Waals surface area contributed by atoms with Crippen LogP contribution in [0.4, 0.5) is 0 Å². The number of H-pyrrole nitrogens is 1. The normalized spacial score (nSPS) is 20.4. The fourth-order valence-electron chi connectivity index (χ4n) is 2.62. The lowest BCUT2D eigenvalue weighted by Gasteiger charge is -2.23. The summed E-state index contributed by atoms with van der Waals surface area (Å²) in [5.41, 5.74) is 1.86. The number of aromatic amines is 1. The Labute approximate surface area is 114 Å². The molecule has 4 nitrogen and oxygen atoms in total. The van der Waals surface area contributed by atoms with Crippen LogP contribution < -0.4 is 11.0 Å². The molecule has 0 bridgehead atoms. The third kappa shape index (κ3) is 2.24.